The zero-order valence-electron chi connectivity index (χ0n) is 16.4. The van der Waals surface area contributed by atoms with E-state index < -0.39 is 0 Å². The Labute approximate surface area is 180 Å². The van der Waals surface area contributed by atoms with Crippen molar-refractivity contribution in [1.82, 2.24) is 0 Å². The highest BCUT2D eigenvalue weighted by atomic mass is 79.9. The van der Waals surface area contributed by atoms with Crippen molar-refractivity contribution in [3.63, 3.8) is 0 Å². The van der Waals surface area contributed by atoms with E-state index in [4.69, 9.17) is 9.47 Å². The predicted molar refractivity (Wildman–Crippen MR) is 120 cm³/mol. The van der Waals surface area contributed by atoms with Gasteiger partial charge in [-0.25, -0.2) is 0 Å². The summed E-state index contributed by atoms with van der Waals surface area (Å²) in [4.78, 5) is 12.6. The summed E-state index contributed by atoms with van der Waals surface area (Å²) >= 11 is 3.44. The fraction of sp³-hybridized carbons (Fsp3) is 0.208. The van der Waals surface area contributed by atoms with E-state index in [2.05, 4.69) is 33.4 Å². The molecule has 1 amide bonds. The van der Waals surface area contributed by atoms with Crippen molar-refractivity contribution in [2.75, 3.05) is 18.5 Å². The first-order chi connectivity index (χ1) is 14.2. The molecule has 1 N–H and O–H groups in total. The largest absolute Gasteiger partial charge is 0.494 e. The summed E-state index contributed by atoms with van der Waals surface area (Å²) in [6.07, 6.45) is 1.91. The molecule has 0 atom stereocenters. The minimum atomic E-state index is -0.185. The van der Waals surface area contributed by atoms with Crippen LogP contribution in [0.2, 0.25) is 0 Å². The van der Waals surface area contributed by atoms with Gasteiger partial charge in [-0.3, -0.25) is 4.79 Å². The van der Waals surface area contributed by atoms with Crippen molar-refractivity contribution < 1.29 is 14.3 Å². The second-order valence-electron chi connectivity index (χ2n) is 6.50. The summed E-state index contributed by atoms with van der Waals surface area (Å²) in [5.74, 6) is 1.27. The second kappa shape index (κ2) is 10.7. The van der Waals surface area contributed by atoms with Gasteiger partial charge in [-0.05, 0) is 71.6 Å². The average Bonchev–Trinajstić information content (AvgIpc) is 2.74. The van der Waals surface area contributed by atoms with Gasteiger partial charge in [0.15, 0.2) is 0 Å². The number of ether oxygens (including phenoxy) is 2. The van der Waals surface area contributed by atoms with Gasteiger partial charge in [0, 0.05) is 17.3 Å². The molecule has 0 radical (unpaired) electrons. The van der Waals surface area contributed by atoms with Crippen LogP contribution in [0, 0.1) is 0 Å². The van der Waals surface area contributed by atoms with Crippen LogP contribution in [0.25, 0.3) is 0 Å². The Morgan fingerprint density at radius 1 is 0.966 bits per heavy atom. The fourth-order valence-electron chi connectivity index (χ4n) is 2.89. The van der Waals surface area contributed by atoms with E-state index in [9.17, 15) is 4.79 Å². The lowest BCUT2D eigenvalue weighted by Gasteiger charge is -2.11. The molecule has 0 bridgehead atoms. The van der Waals surface area contributed by atoms with Gasteiger partial charge >= 0.3 is 0 Å². The molecule has 3 rings (SSSR count). The number of carbonyl (C=O) groups excluding carboxylic acids is 1. The van der Waals surface area contributed by atoms with Crippen molar-refractivity contribution >= 4 is 27.5 Å². The van der Waals surface area contributed by atoms with Gasteiger partial charge in [-0.1, -0.05) is 36.4 Å². The Balaban J connectivity index is 1.53. The maximum Gasteiger partial charge on any atom is 0.255 e. The van der Waals surface area contributed by atoms with E-state index in [0.717, 1.165) is 28.8 Å². The van der Waals surface area contributed by atoms with Crippen LogP contribution in [-0.4, -0.2) is 19.1 Å². The SMILES string of the molecule is CCOc1ccc(C(=O)Nc2cccc(OCCCc3ccccc3)c2)cc1Br. The number of halogens is 1. The summed E-state index contributed by atoms with van der Waals surface area (Å²) in [5, 5.41) is 2.91. The molecule has 0 fully saturated rings. The third kappa shape index (κ3) is 6.36. The van der Waals surface area contributed by atoms with E-state index >= 15 is 0 Å². The fourth-order valence-corrected chi connectivity index (χ4v) is 3.39. The van der Waals surface area contributed by atoms with Gasteiger partial charge in [0.05, 0.1) is 17.7 Å². The van der Waals surface area contributed by atoms with Crippen LogP contribution >= 0.6 is 15.9 Å². The van der Waals surface area contributed by atoms with Gasteiger partial charge in [0.25, 0.3) is 5.91 Å². The number of hydrogen-bond donors (Lipinski definition) is 1. The zero-order valence-corrected chi connectivity index (χ0v) is 17.9. The third-order valence-corrected chi connectivity index (χ3v) is 4.93. The standard InChI is InChI=1S/C24H24BrNO3/c1-2-28-23-14-13-19(16-22(23)25)24(27)26-20-11-6-12-21(17-20)29-15-7-10-18-8-4-3-5-9-18/h3-6,8-9,11-14,16-17H,2,7,10,15H2,1H3,(H,26,27). The highest BCUT2D eigenvalue weighted by molar-refractivity contribution is 9.10. The molecular formula is C24H24BrNO3. The van der Waals surface area contributed by atoms with Crippen LogP contribution in [0.1, 0.15) is 29.3 Å². The number of carbonyl (C=O) groups is 1. The first-order valence-corrected chi connectivity index (χ1v) is 10.5. The van der Waals surface area contributed by atoms with Crippen LogP contribution in [0.15, 0.2) is 77.3 Å². The van der Waals surface area contributed by atoms with E-state index in [-0.39, 0.29) is 5.91 Å². The lowest BCUT2D eigenvalue weighted by molar-refractivity contribution is 0.102. The predicted octanol–water partition coefficient (Wildman–Crippen LogP) is 6.11. The van der Waals surface area contributed by atoms with Gasteiger partial charge in [-0.15, -0.1) is 0 Å². The van der Waals surface area contributed by atoms with Gasteiger partial charge < -0.3 is 14.8 Å². The number of rotatable bonds is 9. The molecule has 0 saturated heterocycles. The quantitative estimate of drug-likeness (QED) is 0.397. The molecule has 0 aliphatic rings. The van der Waals surface area contributed by atoms with Gasteiger partial charge in [0.1, 0.15) is 11.5 Å². The van der Waals surface area contributed by atoms with Crippen LogP contribution in [-0.2, 0) is 6.42 Å². The van der Waals surface area contributed by atoms with Crippen molar-refractivity contribution in [2.45, 2.75) is 19.8 Å². The maximum absolute atomic E-state index is 12.6. The first kappa shape index (κ1) is 20.9. The molecular weight excluding hydrogens is 430 g/mol. The van der Waals surface area contributed by atoms with Crippen LogP contribution in [0.3, 0.4) is 0 Å². The molecule has 3 aromatic carbocycles. The van der Waals surface area contributed by atoms with Crippen LogP contribution < -0.4 is 14.8 Å². The molecule has 3 aromatic rings. The second-order valence-corrected chi connectivity index (χ2v) is 7.35. The molecule has 0 aliphatic carbocycles. The summed E-state index contributed by atoms with van der Waals surface area (Å²) in [6, 6.07) is 23.1. The minimum Gasteiger partial charge on any atom is -0.494 e. The number of aryl methyl sites for hydroxylation is 1. The Kier molecular flexibility index (Phi) is 7.70. The minimum absolute atomic E-state index is 0.185. The zero-order chi connectivity index (χ0) is 20.5. The molecule has 0 unspecified atom stereocenters. The molecule has 150 valence electrons. The van der Waals surface area contributed by atoms with E-state index in [1.165, 1.54) is 5.56 Å². The lowest BCUT2D eigenvalue weighted by atomic mass is 10.1. The lowest BCUT2D eigenvalue weighted by Crippen LogP contribution is -2.12. The van der Waals surface area contributed by atoms with Crippen molar-refractivity contribution in [2.24, 2.45) is 0 Å². The topological polar surface area (TPSA) is 47.6 Å². The van der Waals surface area contributed by atoms with Gasteiger partial charge in [-0.2, -0.15) is 0 Å². The molecule has 5 heteroatoms. The number of nitrogens with one attached hydrogen (secondary N) is 1. The molecule has 0 saturated carbocycles. The normalized spacial score (nSPS) is 10.4. The number of hydrogen-bond acceptors (Lipinski definition) is 3. The van der Waals surface area contributed by atoms with E-state index in [1.54, 1.807) is 18.2 Å². The van der Waals surface area contributed by atoms with Crippen molar-refractivity contribution in [1.29, 1.82) is 0 Å². The molecule has 0 heterocycles. The van der Waals surface area contributed by atoms with Crippen molar-refractivity contribution in [3.8, 4) is 11.5 Å². The Bertz CT molecular complexity index is 944. The summed E-state index contributed by atoms with van der Waals surface area (Å²) in [7, 11) is 0. The van der Waals surface area contributed by atoms with Crippen LogP contribution in [0.4, 0.5) is 5.69 Å². The summed E-state index contributed by atoms with van der Waals surface area (Å²) in [6.45, 7) is 3.12. The third-order valence-electron chi connectivity index (χ3n) is 4.31. The first-order valence-electron chi connectivity index (χ1n) is 9.66. The molecule has 0 spiro atoms. The maximum atomic E-state index is 12.6. The van der Waals surface area contributed by atoms with Crippen LogP contribution in [0.5, 0.6) is 11.5 Å². The summed E-state index contributed by atoms with van der Waals surface area (Å²) < 4.78 is 12.1. The molecule has 29 heavy (non-hydrogen) atoms. The Hall–Kier alpha value is -2.79. The monoisotopic (exact) mass is 453 g/mol. The summed E-state index contributed by atoms with van der Waals surface area (Å²) in [5.41, 5.74) is 2.55. The Morgan fingerprint density at radius 2 is 1.79 bits per heavy atom. The number of benzene rings is 3. The average molecular weight is 454 g/mol. The smallest absolute Gasteiger partial charge is 0.255 e. The molecule has 4 nitrogen and oxygen atoms in total. The number of anilines is 1. The highest BCUT2D eigenvalue weighted by Crippen LogP contribution is 2.26. The molecule has 0 aliphatic heterocycles. The van der Waals surface area contributed by atoms with E-state index in [0.29, 0.717) is 24.5 Å². The molecule has 0 aromatic heterocycles. The number of amides is 1. The van der Waals surface area contributed by atoms with Crippen molar-refractivity contribution in [3.05, 3.63) is 88.4 Å². The highest BCUT2D eigenvalue weighted by Gasteiger charge is 2.10. The van der Waals surface area contributed by atoms with Gasteiger partial charge in [0.2, 0.25) is 0 Å². The van der Waals surface area contributed by atoms with E-state index in [1.807, 2.05) is 49.4 Å². The Morgan fingerprint density at radius 3 is 2.55 bits per heavy atom.